The molecule has 0 atom stereocenters. The number of anilines is 2. The van der Waals surface area contributed by atoms with E-state index in [9.17, 15) is 13.2 Å². The Morgan fingerprint density at radius 3 is 2.56 bits per heavy atom. The van der Waals surface area contributed by atoms with E-state index in [1.807, 2.05) is 0 Å². The molecule has 0 radical (unpaired) electrons. The van der Waals surface area contributed by atoms with Gasteiger partial charge < -0.3 is 10.1 Å². The van der Waals surface area contributed by atoms with Crippen molar-refractivity contribution < 1.29 is 17.9 Å². The second-order valence-corrected chi connectivity index (χ2v) is 4.80. The summed E-state index contributed by atoms with van der Waals surface area (Å²) in [4.78, 5) is 10.2. The molecule has 0 aliphatic heterocycles. The average Bonchev–Trinajstić information content (AvgIpc) is 2.18. The van der Waals surface area contributed by atoms with Crippen LogP contribution in [0.25, 0.3) is 0 Å². The molecule has 1 aromatic carbocycles. The Balaban J connectivity index is 3.06. The maximum atomic E-state index is 11.0. The number of rotatable bonds is 5. The summed E-state index contributed by atoms with van der Waals surface area (Å²) in [6, 6.07) is 4.58. The Labute approximate surface area is 93.7 Å². The van der Waals surface area contributed by atoms with Gasteiger partial charge in [0.1, 0.15) is 5.75 Å². The van der Waals surface area contributed by atoms with Gasteiger partial charge in [0.05, 0.1) is 19.1 Å². The molecule has 0 aliphatic rings. The molecule has 16 heavy (non-hydrogen) atoms. The molecule has 2 N–H and O–H groups in total. The third-order valence-corrected chi connectivity index (χ3v) is 2.31. The van der Waals surface area contributed by atoms with Gasteiger partial charge in [-0.15, -0.1) is 0 Å². The standard InChI is InChI=1S/C9H12N2O4S/c1-15-9-5-7(10-6-12)3-4-8(9)11-16(2,13)14/h3-6,11H,1-2H3,(H,10,12). The Bertz CT molecular complexity index is 484. The lowest BCUT2D eigenvalue weighted by Crippen LogP contribution is -2.10. The summed E-state index contributed by atoms with van der Waals surface area (Å²) in [6.45, 7) is 0. The first kappa shape index (κ1) is 12.3. The summed E-state index contributed by atoms with van der Waals surface area (Å²) in [5.41, 5.74) is 0.840. The quantitative estimate of drug-likeness (QED) is 0.744. The van der Waals surface area contributed by atoms with Crippen LogP contribution in [0.5, 0.6) is 5.75 Å². The van der Waals surface area contributed by atoms with E-state index in [1.54, 1.807) is 6.07 Å². The molecule has 6 nitrogen and oxygen atoms in total. The fraction of sp³-hybridized carbons (Fsp3) is 0.222. The van der Waals surface area contributed by atoms with Crippen molar-refractivity contribution in [2.75, 3.05) is 23.4 Å². The van der Waals surface area contributed by atoms with E-state index in [4.69, 9.17) is 4.74 Å². The summed E-state index contributed by atoms with van der Waals surface area (Å²) in [5.74, 6) is 0.331. The van der Waals surface area contributed by atoms with Crippen LogP contribution in [0.3, 0.4) is 0 Å². The molecule has 0 saturated heterocycles. The van der Waals surface area contributed by atoms with Gasteiger partial charge in [-0.25, -0.2) is 8.42 Å². The molecule has 88 valence electrons. The third-order valence-electron chi connectivity index (χ3n) is 1.72. The second-order valence-electron chi connectivity index (χ2n) is 3.05. The van der Waals surface area contributed by atoms with Crippen molar-refractivity contribution in [3.8, 4) is 5.75 Å². The number of carbonyl (C=O) groups is 1. The summed E-state index contributed by atoms with van der Waals surface area (Å²) in [6.07, 6.45) is 1.57. The molecule has 0 heterocycles. The van der Waals surface area contributed by atoms with Gasteiger partial charge in [0.25, 0.3) is 0 Å². The van der Waals surface area contributed by atoms with Crippen LogP contribution in [0.15, 0.2) is 18.2 Å². The maximum Gasteiger partial charge on any atom is 0.229 e. The number of nitrogens with one attached hydrogen (secondary N) is 2. The van der Waals surface area contributed by atoms with Crippen LogP contribution in [-0.4, -0.2) is 28.2 Å². The first-order chi connectivity index (χ1) is 7.46. The molecule has 0 aliphatic carbocycles. The maximum absolute atomic E-state index is 11.0. The predicted octanol–water partition coefficient (Wildman–Crippen LogP) is 0.635. The monoisotopic (exact) mass is 244 g/mol. The summed E-state index contributed by atoms with van der Waals surface area (Å²) < 4.78 is 29.4. The van der Waals surface area contributed by atoms with Crippen LogP contribution < -0.4 is 14.8 Å². The van der Waals surface area contributed by atoms with E-state index in [-0.39, 0.29) is 0 Å². The SMILES string of the molecule is COc1cc(NC=O)ccc1NS(C)(=O)=O. The Morgan fingerprint density at radius 1 is 1.38 bits per heavy atom. The molecule has 1 rings (SSSR count). The molecule has 1 amide bonds. The zero-order valence-electron chi connectivity index (χ0n) is 8.85. The van der Waals surface area contributed by atoms with Crippen LogP contribution in [0.1, 0.15) is 0 Å². The highest BCUT2D eigenvalue weighted by molar-refractivity contribution is 7.92. The average molecular weight is 244 g/mol. The Morgan fingerprint density at radius 2 is 2.06 bits per heavy atom. The van der Waals surface area contributed by atoms with Gasteiger partial charge in [0.15, 0.2) is 0 Å². The van der Waals surface area contributed by atoms with E-state index < -0.39 is 10.0 Å². The molecule has 7 heteroatoms. The van der Waals surface area contributed by atoms with Gasteiger partial charge in [-0.3, -0.25) is 9.52 Å². The molecular formula is C9H12N2O4S. The number of hydrogen-bond donors (Lipinski definition) is 2. The van der Waals surface area contributed by atoms with Crippen molar-refractivity contribution in [3.63, 3.8) is 0 Å². The minimum atomic E-state index is -3.35. The second kappa shape index (κ2) is 4.84. The van der Waals surface area contributed by atoms with Crippen molar-refractivity contribution in [2.45, 2.75) is 0 Å². The highest BCUT2D eigenvalue weighted by atomic mass is 32.2. The Kier molecular flexibility index (Phi) is 3.73. The van der Waals surface area contributed by atoms with Gasteiger partial charge in [-0.05, 0) is 12.1 Å². The first-order valence-corrected chi connectivity index (χ1v) is 6.21. The van der Waals surface area contributed by atoms with Gasteiger partial charge in [-0.2, -0.15) is 0 Å². The normalized spacial score (nSPS) is 10.6. The van der Waals surface area contributed by atoms with Crippen LogP contribution in [0, 0.1) is 0 Å². The zero-order valence-corrected chi connectivity index (χ0v) is 9.67. The fourth-order valence-electron chi connectivity index (χ4n) is 1.13. The van der Waals surface area contributed by atoms with Crippen molar-refractivity contribution in [1.29, 1.82) is 0 Å². The summed E-state index contributed by atoms with van der Waals surface area (Å²) in [5, 5.41) is 2.43. The zero-order chi connectivity index (χ0) is 12.2. The number of methoxy groups -OCH3 is 1. The number of hydrogen-bond acceptors (Lipinski definition) is 4. The van der Waals surface area contributed by atoms with Crippen molar-refractivity contribution >= 4 is 27.8 Å². The van der Waals surface area contributed by atoms with E-state index in [1.165, 1.54) is 19.2 Å². The molecule has 0 aromatic heterocycles. The highest BCUT2D eigenvalue weighted by Gasteiger charge is 2.08. The van der Waals surface area contributed by atoms with Gasteiger partial charge >= 0.3 is 0 Å². The summed E-state index contributed by atoms with van der Waals surface area (Å²) >= 11 is 0. The minimum Gasteiger partial charge on any atom is -0.494 e. The van der Waals surface area contributed by atoms with Gasteiger partial charge in [0.2, 0.25) is 16.4 Å². The number of amides is 1. The van der Waals surface area contributed by atoms with Crippen molar-refractivity contribution in [1.82, 2.24) is 0 Å². The van der Waals surface area contributed by atoms with Crippen molar-refractivity contribution in [2.24, 2.45) is 0 Å². The van der Waals surface area contributed by atoms with Crippen molar-refractivity contribution in [3.05, 3.63) is 18.2 Å². The molecule has 1 aromatic rings. The first-order valence-electron chi connectivity index (χ1n) is 4.32. The minimum absolute atomic E-state index is 0.321. The molecular weight excluding hydrogens is 232 g/mol. The molecule has 0 saturated carbocycles. The smallest absolute Gasteiger partial charge is 0.229 e. The molecule has 0 bridgehead atoms. The lowest BCUT2D eigenvalue weighted by Gasteiger charge is -2.10. The van der Waals surface area contributed by atoms with Gasteiger partial charge in [-0.1, -0.05) is 0 Å². The van der Waals surface area contributed by atoms with Crippen LogP contribution in [0.4, 0.5) is 11.4 Å². The van der Waals surface area contributed by atoms with E-state index in [0.29, 0.717) is 23.5 Å². The largest absolute Gasteiger partial charge is 0.494 e. The molecule has 0 spiro atoms. The third kappa shape index (κ3) is 3.43. The van der Waals surface area contributed by atoms with E-state index in [0.717, 1.165) is 6.26 Å². The number of sulfonamides is 1. The van der Waals surface area contributed by atoms with Crippen LogP contribution in [0.2, 0.25) is 0 Å². The topological polar surface area (TPSA) is 84.5 Å². The Hall–Kier alpha value is -1.76. The van der Waals surface area contributed by atoms with Gasteiger partial charge in [0, 0.05) is 11.8 Å². The number of carbonyl (C=O) groups excluding carboxylic acids is 1. The lowest BCUT2D eigenvalue weighted by atomic mass is 10.2. The molecule has 0 fully saturated rings. The lowest BCUT2D eigenvalue weighted by molar-refractivity contribution is -0.105. The van der Waals surface area contributed by atoms with Crippen LogP contribution >= 0.6 is 0 Å². The number of benzene rings is 1. The molecule has 0 unspecified atom stereocenters. The van der Waals surface area contributed by atoms with Crippen LogP contribution in [-0.2, 0) is 14.8 Å². The highest BCUT2D eigenvalue weighted by Crippen LogP contribution is 2.28. The predicted molar refractivity (Wildman–Crippen MR) is 61.1 cm³/mol. The fourth-order valence-corrected chi connectivity index (χ4v) is 1.70. The van der Waals surface area contributed by atoms with E-state index >= 15 is 0 Å². The van der Waals surface area contributed by atoms with E-state index in [2.05, 4.69) is 10.0 Å². The summed E-state index contributed by atoms with van der Waals surface area (Å²) in [7, 11) is -1.94. The number of ether oxygens (including phenoxy) is 1.